The largest absolute Gasteiger partial charge is 0.379 e. The first-order valence-electron chi connectivity index (χ1n) is 9.23. The first kappa shape index (κ1) is 18.4. The molecule has 0 aromatic heterocycles. The fourth-order valence-electron chi connectivity index (χ4n) is 3.94. The molecule has 2 fully saturated rings. The summed E-state index contributed by atoms with van der Waals surface area (Å²) in [6.07, 6.45) is 9.44. The van der Waals surface area contributed by atoms with Crippen LogP contribution in [0.3, 0.4) is 0 Å². The van der Waals surface area contributed by atoms with Crippen LogP contribution in [0.5, 0.6) is 0 Å². The molecule has 1 amide bonds. The number of carbonyl (C=O) groups is 1. The number of hydrogen-bond acceptors (Lipinski definition) is 3. The number of benzene rings is 1. The van der Waals surface area contributed by atoms with E-state index in [0.29, 0.717) is 11.6 Å². The molecule has 0 bridgehead atoms. The van der Waals surface area contributed by atoms with E-state index >= 15 is 0 Å². The second kappa shape index (κ2) is 8.84. The summed E-state index contributed by atoms with van der Waals surface area (Å²) in [6, 6.07) is 7.53. The minimum atomic E-state index is -0.0573. The van der Waals surface area contributed by atoms with Crippen LogP contribution in [-0.2, 0) is 9.53 Å². The summed E-state index contributed by atoms with van der Waals surface area (Å²) in [7, 11) is 0. The fraction of sp³-hybridized carbons (Fsp3) is 0.550. The zero-order chi connectivity index (χ0) is 17.5. The van der Waals surface area contributed by atoms with Gasteiger partial charge in [0.15, 0.2) is 0 Å². The normalized spacial score (nSPS) is 21.3. The third-order valence-electron chi connectivity index (χ3n) is 5.38. The molecule has 0 radical (unpaired) electrons. The van der Waals surface area contributed by atoms with E-state index < -0.39 is 0 Å². The van der Waals surface area contributed by atoms with E-state index in [1.165, 1.54) is 19.3 Å². The zero-order valence-corrected chi connectivity index (χ0v) is 15.4. The van der Waals surface area contributed by atoms with E-state index in [1.807, 2.05) is 24.3 Å². The lowest BCUT2D eigenvalue weighted by atomic mass is 9.79. The summed E-state index contributed by atoms with van der Waals surface area (Å²) in [5.41, 5.74) is 0.954. The highest BCUT2D eigenvalue weighted by molar-refractivity contribution is 6.32. The highest BCUT2D eigenvalue weighted by atomic mass is 35.5. The third-order valence-corrected chi connectivity index (χ3v) is 5.72. The van der Waals surface area contributed by atoms with E-state index in [0.717, 1.165) is 44.7 Å². The lowest BCUT2D eigenvalue weighted by molar-refractivity contribution is -0.117. The topological polar surface area (TPSA) is 41.6 Å². The SMILES string of the molecule is O=C(/C=C/c1ccccc1Cl)NCC1(N2CCOCC2)CCCCC1. The van der Waals surface area contributed by atoms with Crippen LogP contribution in [0.1, 0.15) is 37.7 Å². The Labute approximate surface area is 155 Å². The van der Waals surface area contributed by atoms with E-state index in [2.05, 4.69) is 10.2 Å². The van der Waals surface area contributed by atoms with Crippen LogP contribution in [0.4, 0.5) is 0 Å². The van der Waals surface area contributed by atoms with Gasteiger partial charge in [0.25, 0.3) is 0 Å². The van der Waals surface area contributed by atoms with Gasteiger partial charge in [-0.25, -0.2) is 0 Å². The molecule has 1 N–H and O–H groups in total. The maximum absolute atomic E-state index is 12.3. The van der Waals surface area contributed by atoms with Crippen LogP contribution in [0, 0.1) is 0 Å². The van der Waals surface area contributed by atoms with Gasteiger partial charge in [-0.15, -0.1) is 0 Å². The Morgan fingerprint density at radius 3 is 2.64 bits per heavy atom. The zero-order valence-electron chi connectivity index (χ0n) is 14.7. The van der Waals surface area contributed by atoms with Crippen molar-refractivity contribution in [3.8, 4) is 0 Å². The Morgan fingerprint density at radius 1 is 1.20 bits per heavy atom. The predicted molar refractivity (Wildman–Crippen MR) is 102 cm³/mol. The molecular formula is C20H27ClN2O2. The molecule has 1 aromatic rings. The number of morpholine rings is 1. The molecule has 25 heavy (non-hydrogen) atoms. The summed E-state index contributed by atoms with van der Waals surface area (Å²) in [4.78, 5) is 14.8. The van der Waals surface area contributed by atoms with Crippen LogP contribution in [0.25, 0.3) is 6.08 Å². The molecule has 1 aliphatic heterocycles. The van der Waals surface area contributed by atoms with Gasteiger partial charge in [0.2, 0.25) is 5.91 Å². The Hall–Kier alpha value is -1.36. The molecule has 1 aliphatic carbocycles. The fourth-order valence-corrected chi connectivity index (χ4v) is 4.14. The van der Waals surface area contributed by atoms with Crippen LogP contribution < -0.4 is 5.32 Å². The number of carbonyl (C=O) groups excluding carboxylic acids is 1. The van der Waals surface area contributed by atoms with Gasteiger partial charge >= 0.3 is 0 Å². The Balaban J connectivity index is 1.60. The number of rotatable bonds is 5. The van der Waals surface area contributed by atoms with E-state index in [9.17, 15) is 4.79 Å². The lowest BCUT2D eigenvalue weighted by Crippen LogP contribution is -2.59. The minimum Gasteiger partial charge on any atom is -0.379 e. The first-order chi connectivity index (χ1) is 12.2. The van der Waals surface area contributed by atoms with Gasteiger partial charge in [-0.1, -0.05) is 49.1 Å². The molecule has 0 unspecified atom stereocenters. The third kappa shape index (κ3) is 4.84. The highest BCUT2D eigenvalue weighted by Gasteiger charge is 2.38. The van der Waals surface area contributed by atoms with Crippen LogP contribution in [0.2, 0.25) is 5.02 Å². The van der Waals surface area contributed by atoms with Crippen molar-refractivity contribution in [3.63, 3.8) is 0 Å². The highest BCUT2D eigenvalue weighted by Crippen LogP contribution is 2.33. The molecule has 4 nitrogen and oxygen atoms in total. The van der Waals surface area contributed by atoms with Gasteiger partial charge < -0.3 is 10.1 Å². The quantitative estimate of drug-likeness (QED) is 0.815. The minimum absolute atomic E-state index is 0.0573. The van der Waals surface area contributed by atoms with E-state index in [4.69, 9.17) is 16.3 Å². The molecule has 3 rings (SSSR count). The molecule has 0 spiro atoms. The lowest BCUT2D eigenvalue weighted by Gasteiger charge is -2.48. The standard InChI is InChI=1S/C20H27ClN2O2/c21-18-7-3-2-6-17(18)8-9-19(24)22-16-20(10-4-1-5-11-20)23-12-14-25-15-13-23/h2-3,6-9H,1,4-5,10-16H2,(H,22,24)/b9-8+. The monoisotopic (exact) mass is 362 g/mol. The van der Waals surface area contributed by atoms with Gasteiger partial charge in [0.05, 0.1) is 13.2 Å². The van der Waals surface area contributed by atoms with Gasteiger partial charge in [-0.05, 0) is 30.5 Å². The van der Waals surface area contributed by atoms with Crippen molar-refractivity contribution >= 4 is 23.6 Å². The molecule has 2 aliphatic rings. The maximum atomic E-state index is 12.3. The van der Waals surface area contributed by atoms with Gasteiger partial charge in [0, 0.05) is 36.3 Å². The van der Waals surface area contributed by atoms with Crippen molar-refractivity contribution in [1.82, 2.24) is 10.2 Å². The van der Waals surface area contributed by atoms with Crippen molar-refractivity contribution in [2.75, 3.05) is 32.8 Å². The number of nitrogens with one attached hydrogen (secondary N) is 1. The second-order valence-electron chi connectivity index (χ2n) is 6.96. The summed E-state index contributed by atoms with van der Waals surface area (Å²) < 4.78 is 5.51. The average molecular weight is 363 g/mol. The molecule has 136 valence electrons. The molecule has 1 saturated carbocycles. The molecular weight excluding hydrogens is 336 g/mol. The van der Waals surface area contributed by atoms with E-state index in [1.54, 1.807) is 12.2 Å². The van der Waals surface area contributed by atoms with Crippen LogP contribution >= 0.6 is 11.6 Å². The van der Waals surface area contributed by atoms with Gasteiger partial charge in [-0.3, -0.25) is 9.69 Å². The van der Waals surface area contributed by atoms with Gasteiger partial charge in [-0.2, -0.15) is 0 Å². The Kier molecular flexibility index (Phi) is 6.51. The number of halogens is 1. The number of ether oxygens (including phenoxy) is 1. The van der Waals surface area contributed by atoms with Crippen molar-refractivity contribution in [3.05, 3.63) is 40.9 Å². The summed E-state index contributed by atoms with van der Waals surface area (Å²) >= 11 is 6.13. The van der Waals surface area contributed by atoms with Crippen molar-refractivity contribution in [2.24, 2.45) is 0 Å². The smallest absolute Gasteiger partial charge is 0.244 e. The summed E-state index contributed by atoms with van der Waals surface area (Å²) in [6.45, 7) is 4.22. The van der Waals surface area contributed by atoms with Crippen molar-refractivity contribution < 1.29 is 9.53 Å². The van der Waals surface area contributed by atoms with Crippen LogP contribution in [0.15, 0.2) is 30.3 Å². The number of nitrogens with zero attached hydrogens (tertiary/aromatic N) is 1. The molecule has 0 atom stereocenters. The van der Waals surface area contributed by atoms with Gasteiger partial charge in [0.1, 0.15) is 0 Å². The summed E-state index contributed by atoms with van der Waals surface area (Å²) in [5.74, 6) is -0.0573. The number of hydrogen-bond donors (Lipinski definition) is 1. The summed E-state index contributed by atoms with van der Waals surface area (Å²) in [5, 5.41) is 3.79. The Morgan fingerprint density at radius 2 is 1.92 bits per heavy atom. The number of amides is 1. The molecule has 1 aromatic carbocycles. The average Bonchev–Trinajstić information content (AvgIpc) is 2.67. The molecule has 1 saturated heterocycles. The van der Waals surface area contributed by atoms with E-state index in [-0.39, 0.29) is 11.4 Å². The second-order valence-corrected chi connectivity index (χ2v) is 7.36. The molecule has 5 heteroatoms. The Bertz CT molecular complexity index is 605. The van der Waals surface area contributed by atoms with Crippen molar-refractivity contribution in [1.29, 1.82) is 0 Å². The van der Waals surface area contributed by atoms with Crippen LogP contribution in [-0.4, -0.2) is 49.2 Å². The first-order valence-corrected chi connectivity index (χ1v) is 9.61. The maximum Gasteiger partial charge on any atom is 0.244 e. The van der Waals surface area contributed by atoms with Crippen molar-refractivity contribution in [2.45, 2.75) is 37.6 Å². The predicted octanol–water partition coefficient (Wildman–Crippen LogP) is 3.50. The molecule has 1 heterocycles.